The van der Waals surface area contributed by atoms with Crippen LogP contribution in [0.3, 0.4) is 0 Å². The number of pyridine rings is 1. The van der Waals surface area contributed by atoms with Gasteiger partial charge in [-0.15, -0.1) is 0 Å². The molecule has 1 atom stereocenters. The van der Waals surface area contributed by atoms with Crippen molar-refractivity contribution in [1.82, 2.24) is 14.3 Å². The van der Waals surface area contributed by atoms with E-state index in [-0.39, 0.29) is 11.0 Å². The lowest BCUT2D eigenvalue weighted by Crippen LogP contribution is -2.29. The van der Waals surface area contributed by atoms with Gasteiger partial charge in [0, 0.05) is 24.7 Å². The van der Waals surface area contributed by atoms with E-state index < -0.39 is 10.0 Å². The Morgan fingerprint density at radius 1 is 1.19 bits per heavy atom. The molecule has 1 unspecified atom stereocenters. The van der Waals surface area contributed by atoms with Gasteiger partial charge < -0.3 is 10.4 Å². The Hall–Kier alpha value is -2.22. The van der Waals surface area contributed by atoms with Crippen LogP contribution in [0.5, 0.6) is 0 Å². The Labute approximate surface area is 152 Å². The van der Waals surface area contributed by atoms with Gasteiger partial charge in [0.1, 0.15) is 0 Å². The summed E-state index contributed by atoms with van der Waals surface area (Å²) in [5.41, 5.74) is 1.02. The van der Waals surface area contributed by atoms with Crippen molar-refractivity contribution in [3.05, 3.63) is 60.4 Å². The number of benzene rings is 1. The second-order valence-corrected chi connectivity index (χ2v) is 8.46. The lowest BCUT2D eigenvalue weighted by Gasteiger charge is -2.13. The fourth-order valence-electron chi connectivity index (χ4n) is 3.15. The van der Waals surface area contributed by atoms with Crippen molar-refractivity contribution in [1.29, 1.82) is 0 Å². The SMILES string of the molecule is O=S(=O)(c1ccccc1)n1c(CNCC(O)C2CC2)cc2cccnc21. The standard InChI is InChI=1S/C19H21N3O3S/c23-18(14-8-9-14)13-20-12-16-11-15-5-4-10-21-19(15)22(16)26(24,25)17-6-2-1-3-7-17/h1-7,10-11,14,18,20,23H,8-9,12-13H2. The van der Waals surface area contributed by atoms with Gasteiger partial charge in [0.15, 0.2) is 5.65 Å². The van der Waals surface area contributed by atoms with E-state index in [1.165, 1.54) is 3.97 Å². The van der Waals surface area contributed by atoms with Gasteiger partial charge in [-0.1, -0.05) is 18.2 Å². The summed E-state index contributed by atoms with van der Waals surface area (Å²) in [6.07, 6.45) is 3.34. The molecule has 0 amide bonds. The number of hydrogen-bond acceptors (Lipinski definition) is 5. The van der Waals surface area contributed by atoms with Gasteiger partial charge >= 0.3 is 0 Å². The minimum Gasteiger partial charge on any atom is -0.392 e. The van der Waals surface area contributed by atoms with E-state index in [1.807, 2.05) is 12.1 Å². The van der Waals surface area contributed by atoms with Crippen LogP contribution in [0.4, 0.5) is 0 Å². The smallest absolute Gasteiger partial charge is 0.269 e. The van der Waals surface area contributed by atoms with Gasteiger partial charge in [-0.3, -0.25) is 0 Å². The van der Waals surface area contributed by atoms with E-state index in [0.717, 1.165) is 18.2 Å². The Morgan fingerprint density at radius 2 is 1.96 bits per heavy atom. The molecule has 6 nitrogen and oxygen atoms in total. The van der Waals surface area contributed by atoms with Crippen molar-refractivity contribution in [3.8, 4) is 0 Å². The number of aliphatic hydroxyl groups is 1. The highest BCUT2D eigenvalue weighted by atomic mass is 32.2. The summed E-state index contributed by atoms with van der Waals surface area (Å²) in [5, 5.41) is 14.0. The number of hydrogen-bond donors (Lipinski definition) is 2. The second-order valence-electron chi connectivity index (χ2n) is 6.67. The average molecular weight is 371 g/mol. The summed E-state index contributed by atoms with van der Waals surface area (Å²) in [4.78, 5) is 4.51. The zero-order chi connectivity index (χ0) is 18.1. The largest absolute Gasteiger partial charge is 0.392 e. The number of aliphatic hydroxyl groups excluding tert-OH is 1. The normalized spacial score (nSPS) is 16.0. The Kier molecular flexibility index (Phi) is 4.52. The molecule has 4 rings (SSSR count). The molecular weight excluding hydrogens is 350 g/mol. The van der Waals surface area contributed by atoms with Crippen molar-refractivity contribution >= 4 is 21.1 Å². The summed E-state index contributed by atoms with van der Waals surface area (Å²) in [5.74, 6) is 0.378. The van der Waals surface area contributed by atoms with Crippen LogP contribution in [-0.2, 0) is 16.6 Å². The molecule has 3 aromatic rings. The predicted octanol–water partition coefficient (Wildman–Crippen LogP) is 2.13. The fourth-order valence-corrected chi connectivity index (χ4v) is 4.67. The molecule has 0 bridgehead atoms. The molecule has 1 aliphatic rings. The lowest BCUT2D eigenvalue weighted by atomic mass is 10.2. The molecule has 0 saturated heterocycles. The Bertz CT molecular complexity index is 1010. The summed E-state index contributed by atoms with van der Waals surface area (Å²) in [6, 6.07) is 13.8. The monoisotopic (exact) mass is 371 g/mol. The molecule has 0 aliphatic heterocycles. The van der Waals surface area contributed by atoms with Crippen molar-refractivity contribution in [3.63, 3.8) is 0 Å². The van der Waals surface area contributed by atoms with Crippen LogP contribution in [0.25, 0.3) is 11.0 Å². The maximum absolute atomic E-state index is 13.2. The first-order valence-electron chi connectivity index (χ1n) is 8.72. The third-order valence-electron chi connectivity index (χ3n) is 4.70. The van der Waals surface area contributed by atoms with E-state index in [0.29, 0.717) is 30.3 Å². The number of nitrogens with zero attached hydrogens (tertiary/aromatic N) is 2. The van der Waals surface area contributed by atoms with Crippen molar-refractivity contribution in [2.45, 2.75) is 30.4 Å². The van der Waals surface area contributed by atoms with Crippen molar-refractivity contribution in [2.24, 2.45) is 5.92 Å². The minimum atomic E-state index is -3.76. The zero-order valence-corrected chi connectivity index (χ0v) is 15.1. The highest BCUT2D eigenvalue weighted by molar-refractivity contribution is 7.90. The molecule has 0 radical (unpaired) electrons. The zero-order valence-electron chi connectivity index (χ0n) is 14.2. The maximum atomic E-state index is 13.2. The van der Waals surface area contributed by atoms with Crippen LogP contribution in [-0.4, -0.2) is 35.1 Å². The molecule has 2 N–H and O–H groups in total. The van der Waals surface area contributed by atoms with Crippen LogP contribution in [0, 0.1) is 5.92 Å². The fraction of sp³-hybridized carbons (Fsp3) is 0.316. The van der Waals surface area contributed by atoms with Gasteiger partial charge in [-0.25, -0.2) is 17.4 Å². The van der Waals surface area contributed by atoms with Crippen LogP contribution in [0.1, 0.15) is 18.5 Å². The van der Waals surface area contributed by atoms with E-state index in [2.05, 4.69) is 10.3 Å². The summed E-state index contributed by atoms with van der Waals surface area (Å²) in [7, 11) is -3.76. The van der Waals surface area contributed by atoms with E-state index in [9.17, 15) is 13.5 Å². The number of aromatic nitrogens is 2. The summed E-state index contributed by atoms with van der Waals surface area (Å²) < 4.78 is 27.7. The predicted molar refractivity (Wildman–Crippen MR) is 99.2 cm³/mol. The Morgan fingerprint density at radius 3 is 2.69 bits per heavy atom. The molecule has 1 aliphatic carbocycles. The van der Waals surface area contributed by atoms with Gasteiger partial charge in [-0.2, -0.15) is 0 Å². The van der Waals surface area contributed by atoms with Crippen molar-refractivity contribution in [2.75, 3.05) is 6.54 Å². The van der Waals surface area contributed by atoms with E-state index in [4.69, 9.17) is 0 Å². The topological polar surface area (TPSA) is 84.2 Å². The summed E-state index contributed by atoms with van der Waals surface area (Å²) >= 11 is 0. The number of rotatable bonds is 7. The van der Waals surface area contributed by atoms with Crippen LogP contribution in [0.15, 0.2) is 59.6 Å². The van der Waals surface area contributed by atoms with Crippen LogP contribution in [0.2, 0.25) is 0 Å². The third-order valence-corrected chi connectivity index (χ3v) is 6.46. The third kappa shape index (κ3) is 3.25. The molecule has 26 heavy (non-hydrogen) atoms. The quantitative estimate of drug-likeness (QED) is 0.665. The van der Waals surface area contributed by atoms with Gasteiger partial charge in [0.25, 0.3) is 10.0 Å². The molecule has 1 saturated carbocycles. The Balaban J connectivity index is 1.70. The van der Waals surface area contributed by atoms with Gasteiger partial charge in [0.05, 0.1) is 16.7 Å². The minimum absolute atomic E-state index is 0.224. The van der Waals surface area contributed by atoms with Gasteiger partial charge in [0.2, 0.25) is 0 Å². The number of fused-ring (bicyclic) bond motifs is 1. The first kappa shape index (κ1) is 17.2. The average Bonchev–Trinajstić information content (AvgIpc) is 3.43. The molecular formula is C19H21N3O3S. The van der Waals surface area contributed by atoms with Crippen molar-refractivity contribution < 1.29 is 13.5 Å². The molecule has 7 heteroatoms. The van der Waals surface area contributed by atoms with E-state index >= 15 is 0 Å². The summed E-state index contributed by atoms with van der Waals surface area (Å²) in [6.45, 7) is 0.789. The molecule has 2 aromatic heterocycles. The number of nitrogens with one attached hydrogen (secondary N) is 1. The molecule has 0 spiro atoms. The van der Waals surface area contributed by atoms with Crippen LogP contribution >= 0.6 is 0 Å². The second kappa shape index (κ2) is 6.83. The molecule has 2 heterocycles. The highest BCUT2D eigenvalue weighted by Gasteiger charge is 2.29. The lowest BCUT2D eigenvalue weighted by molar-refractivity contribution is 0.148. The van der Waals surface area contributed by atoms with Crippen LogP contribution < -0.4 is 5.32 Å². The first-order chi connectivity index (χ1) is 12.6. The van der Waals surface area contributed by atoms with Gasteiger partial charge in [-0.05, 0) is 49.1 Å². The first-order valence-corrected chi connectivity index (χ1v) is 10.2. The highest BCUT2D eigenvalue weighted by Crippen LogP contribution is 2.32. The molecule has 1 aromatic carbocycles. The molecule has 136 valence electrons. The maximum Gasteiger partial charge on any atom is 0.269 e. The molecule has 1 fully saturated rings. The van der Waals surface area contributed by atoms with E-state index in [1.54, 1.807) is 42.6 Å².